The average molecular weight is 463 g/mol. The number of nitrogens with zero attached hydrogens (tertiary/aromatic N) is 2. The summed E-state index contributed by atoms with van der Waals surface area (Å²) < 4.78 is 11.1. The molecular weight excluding hydrogens is 428 g/mol. The third-order valence-corrected chi connectivity index (χ3v) is 5.83. The normalized spacial score (nSPS) is 11.4. The molecule has 7 heteroatoms. The number of halogens is 1. The number of amides is 2. The zero-order valence-corrected chi connectivity index (χ0v) is 20.4. The van der Waals surface area contributed by atoms with Crippen molar-refractivity contribution in [2.75, 3.05) is 32.2 Å². The van der Waals surface area contributed by atoms with Gasteiger partial charge in [0.05, 0.1) is 18.5 Å². The van der Waals surface area contributed by atoms with E-state index in [9.17, 15) is 9.59 Å². The average Bonchev–Trinajstić information content (AvgIpc) is 3.20. The summed E-state index contributed by atoms with van der Waals surface area (Å²) >= 11 is 6.05. The summed E-state index contributed by atoms with van der Waals surface area (Å²) in [5.41, 5.74) is 0.259. The molecule has 0 fully saturated rings. The molecule has 32 heavy (non-hydrogen) atoms. The molecule has 0 aliphatic rings. The molecule has 0 atom stereocenters. The van der Waals surface area contributed by atoms with Crippen LogP contribution in [0.2, 0.25) is 0 Å². The van der Waals surface area contributed by atoms with Crippen molar-refractivity contribution in [3.63, 3.8) is 0 Å². The molecule has 1 aromatic carbocycles. The summed E-state index contributed by atoms with van der Waals surface area (Å²) in [4.78, 5) is 29.9. The first-order valence-corrected chi connectivity index (χ1v) is 11.6. The van der Waals surface area contributed by atoms with Gasteiger partial charge in [-0.15, -0.1) is 11.6 Å². The highest BCUT2D eigenvalue weighted by Gasteiger charge is 2.33. The minimum atomic E-state index is -0.754. The summed E-state index contributed by atoms with van der Waals surface area (Å²) in [6.45, 7) is 9.75. The Kier molecular flexibility index (Phi) is 10.3. The summed E-state index contributed by atoms with van der Waals surface area (Å²) in [5.74, 6) is 1.41. The molecule has 0 saturated heterocycles. The molecule has 2 aromatic rings. The Balaban J connectivity index is 2.19. The Morgan fingerprint density at radius 2 is 1.78 bits per heavy atom. The van der Waals surface area contributed by atoms with Gasteiger partial charge in [0.15, 0.2) is 0 Å². The molecule has 2 rings (SSSR count). The van der Waals surface area contributed by atoms with E-state index in [-0.39, 0.29) is 24.2 Å². The first kappa shape index (κ1) is 25.9. The van der Waals surface area contributed by atoms with E-state index in [2.05, 4.69) is 0 Å². The molecule has 0 aliphatic carbocycles. The van der Waals surface area contributed by atoms with Crippen molar-refractivity contribution >= 4 is 23.4 Å². The quantitative estimate of drug-likeness (QED) is 0.321. The van der Waals surface area contributed by atoms with E-state index in [1.165, 1.54) is 0 Å². The van der Waals surface area contributed by atoms with Crippen LogP contribution in [0.1, 0.15) is 44.3 Å². The second kappa shape index (κ2) is 12.7. The molecule has 0 bridgehead atoms. The Labute approximate surface area is 196 Å². The van der Waals surface area contributed by atoms with Gasteiger partial charge in [0.1, 0.15) is 11.5 Å². The number of hydrogen-bond donors (Lipinski definition) is 0. The number of furan rings is 1. The van der Waals surface area contributed by atoms with Crippen LogP contribution in [0.15, 0.2) is 46.9 Å². The predicted molar refractivity (Wildman–Crippen MR) is 126 cm³/mol. The van der Waals surface area contributed by atoms with Crippen molar-refractivity contribution in [1.82, 2.24) is 9.80 Å². The van der Waals surface area contributed by atoms with Crippen molar-refractivity contribution in [2.24, 2.45) is 5.41 Å². The Bertz CT molecular complexity index is 851. The molecule has 176 valence electrons. The van der Waals surface area contributed by atoms with Gasteiger partial charge < -0.3 is 19.0 Å². The lowest BCUT2D eigenvalue weighted by Gasteiger charge is -2.32. The molecule has 0 aliphatic heterocycles. The maximum absolute atomic E-state index is 13.4. The second-order valence-electron chi connectivity index (χ2n) is 8.54. The van der Waals surface area contributed by atoms with Crippen molar-refractivity contribution in [1.29, 1.82) is 0 Å². The molecule has 1 heterocycles. The maximum Gasteiger partial charge on any atom is 0.242 e. The summed E-state index contributed by atoms with van der Waals surface area (Å²) in [7, 11) is 0. The lowest BCUT2D eigenvalue weighted by atomic mass is 9.94. The highest BCUT2D eigenvalue weighted by atomic mass is 35.5. The molecular formula is C25H35ClN2O4. The molecule has 0 saturated carbocycles. The van der Waals surface area contributed by atoms with Crippen molar-refractivity contribution < 1.29 is 18.7 Å². The molecule has 0 unspecified atom stereocenters. The lowest BCUT2D eigenvalue weighted by Crippen LogP contribution is -2.48. The molecule has 0 radical (unpaired) electrons. The van der Waals surface area contributed by atoms with Crippen LogP contribution in [0.5, 0.6) is 0 Å². The van der Waals surface area contributed by atoms with Gasteiger partial charge in [0, 0.05) is 32.2 Å². The van der Waals surface area contributed by atoms with Crippen LogP contribution >= 0.6 is 11.6 Å². The number of alkyl halides is 1. The number of aryl methyl sites for hydroxylation is 1. The first-order valence-electron chi connectivity index (χ1n) is 11.1. The fourth-order valence-electron chi connectivity index (χ4n) is 3.30. The number of benzene rings is 1. The van der Waals surface area contributed by atoms with Crippen LogP contribution in [0.4, 0.5) is 0 Å². The van der Waals surface area contributed by atoms with Crippen LogP contribution in [-0.2, 0) is 27.4 Å². The summed E-state index contributed by atoms with van der Waals surface area (Å²) in [6, 6.07) is 13.6. The number of rotatable bonds is 13. The smallest absolute Gasteiger partial charge is 0.242 e. The Hall–Kier alpha value is -2.31. The molecule has 2 amide bonds. The van der Waals surface area contributed by atoms with Crippen molar-refractivity contribution in [3.05, 3.63) is 59.5 Å². The number of carbonyl (C=O) groups excluding carboxylic acids is 2. The van der Waals surface area contributed by atoms with E-state index in [1.54, 1.807) is 23.6 Å². The van der Waals surface area contributed by atoms with Crippen LogP contribution in [0.25, 0.3) is 0 Å². The van der Waals surface area contributed by atoms with E-state index < -0.39 is 5.41 Å². The zero-order valence-electron chi connectivity index (χ0n) is 19.6. The largest absolute Gasteiger partial charge is 0.464 e. The molecule has 0 spiro atoms. The summed E-state index contributed by atoms with van der Waals surface area (Å²) in [5, 5.41) is 0. The fraction of sp³-hybridized carbons (Fsp3) is 0.520. The van der Waals surface area contributed by atoms with Crippen molar-refractivity contribution in [3.8, 4) is 0 Å². The van der Waals surface area contributed by atoms with Gasteiger partial charge in [0.2, 0.25) is 11.8 Å². The summed E-state index contributed by atoms with van der Waals surface area (Å²) in [6.07, 6.45) is 0.654. The number of ether oxygens (including phenoxy) is 1. The van der Waals surface area contributed by atoms with Gasteiger partial charge in [0.25, 0.3) is 0 Å². The van der Waals surface area contributed by atoms with E-state index in [1.807, 2.05) is 56.3 Å². The van der Waals surface area contributed by atoms with Gasteiger partial charge in [-0.3, -0.25) is 9.59 Å². The van der Waals surface area contributed by atoms with Crippen LogP contribution in [0.3, 0.4) is 0 Å². The van der Waals surface area contributed by atoms with Gasteiger partial charge in [-0.25, -0.2) is 0 Å². The third kappa shape index (κ3) is 7.99. The van der Waals surface area contributed by atoms with E-state index >= 15 is 0 Å². The number of carbonyl (C=O) groups is 2. The first-order chi connectivity index (χ1) is 15.3. The standard InChI is InChI=1S/C25H35ClN2O4/c1-5-31-15-9-14-27(24(30)25(3,4)19-26)18-23(29)28(16-21-10-7-6-8-11-21)17-22-13-12-20(2)32-22/h6-8,10-13H,5,9,14-19H2,1-4H3. The van der Waals surface area contributed by atoms with E-state index in [0.717, 1.165) is 11.3 Å². The maximum atomic E-state index is 13.4. The minimum absolute atomic E-state index is 0.0161. The van der Waals surface area contributed by atoms with Crippen molar-refractivity contribution in [2.45, 2.75) is 47.2 Å². The SMILES string of the molecule is CCOCCCN(CC(=O)N(Cc1ccccc1)Cc1ccc(C)o1)C(=O)C(C)(C)CCl. The Morgan fingerprint density at radius 1 is 1.06 bits per heavy atom. The third-order valence-electron chi connectivity index (χ3n) is 5.16. The van der Waals surface area contributed by atoms with E-state index in [0.29, 0.717) is 45.0 Å². The highest BCUT2D eigenvalue weighted by molar-refractivity contribution is 6.19. The fourth-order valence-corrected chi connectivity index (χ4v) is 3.41. The number of hydrogen-bond acceptors (Lipinski definition) is 4. The van der Waals surface area contributed by atoms with Crippen LogP contribution in [0, 0.1) is 12.3 Å². The molecule has 1 aromatic heterocycles. The van der Waals surface area contributed by atoms with Crippen LogP contribution in [-0.4, -0.2) is 53.8 Å². The topological polar surface area (TPSA) is 63.0 Å². The zero-order chi connectivity index (χ0) is 23.6. The Morgan fingerprint density at radius 3 is 2.38 bits per heavy atom. The highest BCUT2D eigenvalue weighted by Crippen LogP contribution is 2.22. The monoisotopic (exact) mass is 462 g/mol. The van der Waals surface area contributed by atoms with Gasteiger partial charge in [-0.2, -0.15) is 0 Å². The molecule has 6 nitrogen and oxygen atoms in total. The predicted octanol–water partition coefficient (Wildman–Crippen LogP) is 4.64. The second-order valence-corrected chi connectivity index (χ2v) is 8.81. The van der Waals surface area contributed by atoms with E-state index in [4.69, 9.17) is 20.8 Å². The van der Waals surface area contributed by atoms with Gasteiger partial charge in [-0.05, 0) is 51.8 Å². The minimum Gasteiger partial charge on any atom is -0.464 e. The van der Waals surface area contributed by atoms with Crippen LogP contribution < -0.4 is 0 Å². The lowest BCUT2D eigenvalue weighted by molar-refractivity contribution is -0.146. The van der Waals surface area contributed by atoms with Gasteiger partial charge >= 0.3 is 0 Å². The molecule has 0 N–H and O–H groups in total. The van der Waals surface area contributed by atoms with Gasteiger partial charge in [-0.1, -0.05) is 30.3 Å².